The lowest BCUT2D eigenvalue weighted by Crippen LogP contribution is -2.58. The molecular formula is C21H30N4O3. The molecule has 0 N–H and O–H groups in total. The topological polar surface area (TPSA) is 56.3 Å². The van der Waals surface area contributed by atoms with Gasteiger partial charge in [0, 0.05) is 51.5 Å². The number of rotatable bonds is 4. The Labute approximate surface area is 166 Å². The first-order valence-corrected chi connectivity index (χ1v) is 10.4. The van der Waals surface area contributed by atoms with E-state index in [0.717, 1.165) is 51.3 Å². The first-order chi connectivity index (χ1) is 13.7. The number of ether oxygens (including phenoxy) is 1. The number of piperidine rings is 1. The average Bonchev–Trinajstić information content (AvgIpc) is 2.76. The van der Waals surface area contributed by atoms with Gasteiger partial charge in [0.1, 0.15) is 0 Å². The zero-order valence-corrected chi connectivity index (χ0v) is 16.5. The highest BCUT2D eigenvalue weighted by atomic mass is 16.5. The number of carbonyl (C=O) groups excluding carboxylic acids is 2. The molecule has 1 atom stereocenters. The van der Waals surface area contributed by atoms with Crippen LogP contribution in [0.2, 0.25) is 0 Å². The van der Waals surface area contributed by atoms with E-state index in [0.29, 0.717) is 32.8 Å². The van der Waals surface area contributed by atoms with E-state index in [1.807, 2.05) is 40.1 Å². The molecule has 1 aromatic carbocycles. The molecule has 3 aliphatic rings. The molecule has 3 heterocycles. The summed E-state index contributed by atoms with van der Waals surface area (Å²) in [5.41, 5.74) is 0.993. The van der Waals surface area contributed by atoms with Gasteiger partial charge in [0.15, 0.2) is 0 Å². The molecule has 28 heavy (non-hydrogen) atoms. The predicted molar refractivity (Wildman–Crippen MR) is 107 cm³/mol. The molecule has 0 radical (unpaired) electrons. The van der Waals surface area contributed by atoms with Crippen molar-refractivity contribution in [3.05, 3.63) is 30.3 Å². The van der Waals surface area contributed by atoms with Crippen LogP contribution in [-0.2, 0) is 14.3 Å². The number of hydrogen-bond donors (Lipinski definition) is 0. The van der Waals surface area contributed by atoms with Crippen LogP contribution in [0.5, 0.6) is 0 Å². The van der Waals surface area contributed by atoms with Crippen molar-refractivity contribution in [1.82, 2.24) is 14.7 Å². The normalized spacial score (nSPS) is 25.1. The highest BCUT2D eigenvalue weighted by Gasteiger charge is 2.35. The van der Waals surface area contributed by atoms with Crippen molar-refractivity contribution in [2.24, 2.45) is 0 Å². The molecule has 0 bridgehead atoms. The summed E-state index contributed by atoms with van der Waals surface area (Å²) in [5.74, 6) is 0.413. The number of para-hydroxylation sites is 1. The van der Waals surface area contributed by atoms with Gasteiger partial charge in [0.25, 0.3) is 0 Å². The van der Waals surface area contributed by atoms with E-state index in [-0.39, 0.29) is 17.9 Å². The van der Waals surface area contributed by atoms with E-state index in [1.54, 1.807) is 0 Å². The second-order valence-corrected chi connectivity index (χ2v) is 7.79. The van der Waals surface area contributed by atoms with Gasteiger partial charge < -0.3 is 14.5 Å². The Kier molecular flexibility index (Phi) is 6.24. The smallest absolute Gasteiger partial charge is 0.244 e. The zero-order chi connectivity index (χ0) is 19.3. The molecule has 7 heteroatoms. The highest BCUT2D eigenvalue weighted by Crippen LogP contribution is 2.24. The molecule has 3 fully saturated rings. The van der Waals surface area contributed by atoms with Gasteiger partial charge in [-0.15, -0.1) is 0 Å². The first kappa shape index (κ1) is 19.4. The first-order valence-electron chi connectivity index (χ1n) is 10.4. The Morgan fingerprint density at radius 1 is 0.964 bits per heavy atom. The Morgan fingerprint density at radius 3 is 2.39 bits per heavy atom. The van der Waals surface area contributed by atoms with Gasteiger partial charge in [0.05, 0.1) is 25.8 Å². The Morgan fingerprint density at radius 2 is 1.68 bits per heavy atom. The van der Waals surface area contributed by atoms with Crippen molar-refractivity contribution in [2.45, 2.75) is 18.9 Å². The SMILES string of the molecule is O=C(CN1CCN(C2CCCN(c3ccccc3)C2=O)CC1)N1CCOCC1. The minimum absolute atomic E-state index is 0.0361. The Bertz CT molecular complexity index is 669. The molecule has 1 unspecified atom stereocenters. The van der Waals surface area contributed by atoms with Crippen LogP contribution in [0.3, 0.4) is 0 Å². The van der Waals surface area contributed by atoms with E-state index in [2.05, 4.69) is 9.80 Å². The van der Waals surface area contributed by atoms with Crippen LogP contribution in [-0.4, -0.2) is 98.1 Å². The number of benzene rings is 1. The van der Waals surface area contributed by atoms with E-state index in [1.165, 1.54) is 0 Å². The fourth-order valence-electron chi connectivity index (χ4n) is 4.40. The Hall–Kier alpha value is -1.96. The summed E-state index contributed by atoms with van der Waals surface area (Å²) in [6, 6.07) is 9.93. The lowest BCUT2D eigenvalue weighted by atomic mass is 10.0. The monoisotopic (exact) mass is 386 g/mol. The van der Waals surface area contributed by atoms with Gasteiger partial charge in [-0.25, -0.2) is 0 Å². The summed E-state index contributed by atoms with van der Waals surface area (Å²) < 4.78 is 5.32. The molecule has 1 aromatic rings. The highest BCUT2D eigenvalue weighted by molar-refractivity contribution is 5.97. The quantitative estimate of drug-likeness (QED) is 0.761. The number of nitrogens with zero attached hydrogens (tertiary/aromatic N) is 4. The molecule has 3 saturated heterocycles. The second-order valence-electron chi connectivity index (χ2n) is 7.79. The number of carbonyl (C=O) groups is 2. The molecule has 2 amide bonds. The van der Waals surface area contributed by atoms with E-state index in [9.17, 15) is 9.59 Å². The van der Waals surface area contributed by atoms with Gasteiger partial charge in [-0.3, -0.25) is 19.4 Å². The van der Waals surface area contributed by atoms with Gasteiger partial charge >= 0.3 is 0 Å². The summed E-state index contributed by atoms with van der Waals surface area (Å²) in [6.07, 6.45) is 1.95. The molecule has 3 aliphatic heterocycles. The van der Waals surface area contributed by atoms with Crippen LogP contribution in [0.4, 0.5) is 5.69 Å². The van der Waals surface area contributed by atoms with Gasteiger partial charge in [-0.2, -0.15) is 0 Å². The zero-order valence-electron chi connectivity index (χ0n) is 16.5. The molecule has 0 spiro atoms. The van der Waals surface area contributed by atoms with Crippen molar-refractivity contribution in [3.8, 4) is 0 Å². The minimum Gasteiger partial charge on any atom is -0.378 e. The van der Waals surface area contributed by atoms with Gasteiger partial charge in [-0.05, 0) is 25.0 Å². The summed E-state index contributed by atoms with van der Waals surface area (Å²) in [7, 11) is 0. The third-order valence-corrected chi connectivity index (χ3v) is 6.05. The van der Waals surface area contributed by atoms with Gasteiger partial charge in [0.2, 0.25) is 11.8 Å². The molecule has 7 nitrogen and oxygen atoms in total. The number of anilines is 1. The van der Waals surface area contributed by atoms with E-state index in [4.69, 9.17) is 4.74 Å². The fraction of sp³-hybridized carbons (Fsp3) is 0.619. The summed E-state index contributed by atoms with van der Waals surface area (Å²) in [4.78, 5) is 33.9. The van der Waals surface area contributed by atoms with Crippen molar-refractivity contribution in [2.75, 3.05) is 70.5 Å². The Balaban J connectivity index is 1.29. The molecule has 0 aromatic heterocycles. The van der Waals surface area contributed by atoms with E-state index < -0.39 is 0 Å². The summed E-state index contributed by atoms with van der Waals surface area (Å²) >= 11 is 0. The standard InChI is InChI=1S/C21H30N4O3/c26-20(24-13-15-28-16-14-24)17-22-9-11-23(12-10-22)19-7-4-8-25(21(19)27)18-5-2-1-3-6-18/h1-3,5-6,19H,4,7-17H2. The summed E-state index contributed by atoms with van der Waals surface area (Å²) in [5, 5.41) is 0. The third kappa shape index (κ3) is 4.37. The second kappa shape index (κ2) is 9.03. The number of morpholine rings is 1. The fourth-order valence-corrected chi connectivity index (χ4v) is 4.40. The van der Waals surface area contributed by atoms with Crippen molar-refractivity contribution in [1.29, 1.82) is 0 Å². The average molecular weight is 386 g/mol. The minimum atomic E-state index is -0.0361. The summed E-state index contributed by atoms with van der Waals surface area (Å²) in [6.45, 7) is 7.31. The van der Waals surface area contributed by atoms with Crippen LogP contribution < -0.4 is 4.90 Å². The largest absolute Gasteiger partial charge is 0.378 e. The van der Waals surface area contributed by atoms with Gasteiger partial charge in [-0.1, -0.05) is 18.2 Å². The van der Waals surface area contributed by atoms with Crippen molar-refractivity contribution < 1.29 is 14.3 Å². The van der Waals surface area contributed by atoms with E-state index >= 15 is 0 Å². The molecule has 0 saturated carbocycles. The molecule has 0 aliphatic carbocycles. The van der Waals surface area contributed by atoms with Crippen LogP contribution in [0.1, 0.15) is 12.8 Å². The maximum absolute atomic E-state index is 13.1. The lowest BCUT2D eigenvalue weighted by Gasteiger charge is -2.42. The third-order valence-electron chi connectivity index (χ3n) is 6.05. The molecule has 4 rings (SSSR count). The lowest BCUT2D eigenvalue weighted by molar-refractivity contribution is -0.137. The number of amides is 2. The predicted octanol–water partition coefficient (Wildman–Crippen LogP) is 0.658. The number of piperazine rings is 1. The maximum atomic E-state index is 13.1. The molecule has 152 valence electrons. The van der Waals surface area contributed by atoms with Crippen LogP contribution in [0.15, 0.2) is 30.3 Å². The van der Waals surface area contributed by atoms with Crippen LogP contribution in [0, 0.1) is 0 Å². The van der Waals surface area contributed by atoms with Crippen LogP contribution in [0.25, 0.3) is 0 Å². The maximum Gasteiger partial charge on any atom is 0.244 e. The van der Waals surface area contributed by atoms with Crippen molar-refractivity contribution >= 4 is 17.5 Å². The molecular weight excluding hydrogens is 356 g/mol. The van der Waals surface area contributed by atoms with Crippen molar-refractivity contribution in [3.63, 3.8) is 0 Å². The number of hydrogen-bond acceptors (Lipinski definition) is 5. The van der Waals surface area contributed by atoms with Crippen LogP contribution >= 0.6 is 0 Å².